The molecule has 1 aliphatic heterocycles. The number of rotatable bonds is 10. The van der Waals surface area contributed by atoms with Crippen LogP contribution in [0, 0.1) is 0 Å². The minimum absolute atomic E-state index is 0.0553. The Morgan fingerprint density at radius 1 is 1.05 bits per heavy atom. The summed E-state index contributed by atoms with van der Waals surface area (Å²) >= 11 is 6.21. The van der Waals surface area contributed by atoms with Crippen LogP contribution >= 0.6 is 11.6 Å². The van der Waals surface area contributed by atoms with Crippen LogP contribution in [0.25, 0.3) is 5.57 Å². The quantitative estimate of drug-likeness (QED) is 0.237. The third-order valence-corrected chi connectivity index (χ3v) is 6.06. The van der Waals surface area contributed by atoms with E-state index in [2.05, 4.69) is 0 Å². The average Bonchev–Trinajstić information content (AvgIpc) is 2.83. The molecule has 0 aliphatic carbocycles. The number of carbonyl (C=O) groups excluding carboxylic acids is 1. The maximum Gasteiger partial charge on any atom is 0.416 e. The van der Waals surface area contributed by atoms with Gasteiger partial charge in [0.25, 0.3) is 0 Å². The maximum atomic E-state index is 13.5. The van der Waals surface area contributed by atoms with E-state index >= 15 is 0 Å². The predicted octanol–water partition coefficient (Wildman–Crippen LogP) is 7.03. The average molecular weight is 543 g/mol. The summed E-state index contributed by atoms with van der Waals surface area (Å²) < 4.78 is 68.4. The third kappa shape index (κ3) is 7.03. The molecule has 0 saturated heterocycles. The summed E-state index contributed by atoms with van der Waals surface area (Å²) in [6.07, 6.45) is -2.57. The first-order valence-corrected chi connectivity index (χ1v) is 12.1. The van der Waals surface area contributed by atoms with E-state index < -0.39 is 28.9 Å². The molecule has 1 unspecified atom stereocenters. The van der Waals surface area contributed by atoms with Crippen LogP contribution in [0.1, 0.15) is 46.1 Å². The number of alkyl halides is 3. The molecule has 1 atom stereocenters. The van der Waals surface area contributed by atoms with Gasteiger partial charge in [0.1, 0.15) is 28.6 Å². The number of fused-ring (bicyclic) bond motifs is 1. The van der Waals surface area contributed by atoms with Crippen molar-refractivity contribution < 1.29 is 41.7 Å². The number of methoxy groups -OCH3 is 1. The second kappa shape index (κ2) is 11.1. The Bertz CT molecular complexity index is 1140. The molecular weight excluding hydrogens is 513 g/mol. The summed E-state index contributed by atoms with van der Waals surface area (Å²) in [7, 11) is 1.31. The summed E-state index contributed by atoms with van der Waals surface area (Å²) in [5.74, 6) is 0.927. The van der Waals surface area contributed by atoms with Gasteiger partial charge in [-0.25, -0.2) is 4.79 Å². The number of hydrogen-bond donors (Lipinski definition) is 0. The van der Waals surface area contributed by atoms with E-state index in [1.54, 1.807) is 45.0 Å². The van der Waals surface area contributed by atoms with Gasteiger partial charge in [0.2, 0.25) is 5.60 Å². The highest BCUT2D eigenvalue weighted by atomic mass is 35.5. The highest BCUT2D eigenvalue weighted by Gasteiger charge is 2.42. The molecule has 0 saturated carbocycles. The Morgan fingerprint density at radius 3 is 2.27 bits per heavy atom. The summed E-state index contributed by atoms with van der Waals surface area (Å²) in [4.78, 5) is 12.0. The van der Waals surface area contributed by atoms with Gasteiger partial charge in [-0.15, -0.1) is 0 Å². The SMILES string of the molecule is CCC(C)(Oc1ccc(OCCCOc2cc3c(cc2Cl)C(C(F)(F)F)=CC(C)(C)O3)cc1)C(=O)OC. The second-order valence-corrected chi connectivity index (χ2v) is 9.65. The van der Waals surface area contributed by atoms with Gasteiger partial charge in [-0.2, -0.15) is 13.2 Å². The topological polar surface area (TPSA) is 63.2 Å². The van der Waals surface area contributed by atoms with Gasteiger partial charge in [-0.1, -0.05) is 18.5 Å². The van der Waals surface area contributed by atoms with Gasteiger partial charge in [-0.3, -0.25) is 0 Å². The lowest BCUT2D eigenvalue weighted by Crippen LogP contribution is -2.41. The van der Waals surface area contributed by atoms with Crippen LogP contribution in [0.4, 0.5) is 13.2 Å². The van der Waals surface area contributed by atoms with E-state index in [4.69, 9.17) is 35.3 Å². The molecule has 0 amide bonds. The number of esters is 1. The molecule has 1 heterocycles. The van der Waals surface area contributed by atoms with Gasteiger partial charge in [0.05, 0.1) is 30.9 Å². The summed E-state index contributed by atoms with van der Waals surface area (Å²) in [5.41, 5.74) is -3.13. The fourth-order valence-corrected chi connectivity index (χ4v) is 3.90. The predicted molar refractivity (Wildman–Crippen MR) is 134 cm³/mol. The first-order chi connectivity index (χ1) is 17.3. The number of benzene rings is 2. The Hall–Kier alpha value is -3.07. The van der Waals surface area contributed by atoms with Gasteiger partial charge >= 0.3 is 12.1 Å². The smallest absolute Gasteiger partial charge is 0.416 e. The van der Waals surface area contributed by atoms with Crippen LogP contribution in [-0.2, 0) is 9.53 Å². The molecule has 0 bridgehead atoms. The zero-order chi connectivity index (χ0) is 27.4. The lowest BCUT2D eigenvalue weighted by Gasteiger charge is -2.32. The minimum atomic E-state index is -4.54. The van der Waals surface area contributed by atoms with E-state index in [0.717, 1.165) is 6.08 Å². The van der Waals surface area contributed by atoms with Crippen molar-refractivity contribution in [1.29, 1.82) is 0 Å². The fraction of sp³-hybridized carbons (Fsp3) is 0.444. The Labute approximate surface area is 219 Å². The monoisotopic (exact) mass is 542 g/mol. The lowest BCUT2D eigenvalue weighted by molar-refractivity contribution is -0.157. The van der Waals surface area contributed by atoms with Crippen molar-refractivity contribution in [2.75, 3.05) is 20.3 Å². The number of hydrogen-bond acceptors (Lipinski definition) is 6. The summed E-state index contributed by atoms with van der Waals surface area (Å²) in [6.45, 7) is 7.14. The van der Waals surface area contributed by atoms with Gasteiger partial charge in [0.15, 0.2) is 0 Å². The van der Waals surface area contributed by atoms with E-state index in [1.165, 1.54) is 19.2 Å². The molecule has 0 fully saturated rings. The molecule has 3 rings (SSSR count). The van der Waals surface area contributed by atoms with Crippen LogP contribution in [0.15, 0.2) is 42.5 Å². The highest BCUT2D eigenvalue weighted by Crippen LogP contribution is 2.47. The zero-order valence-electron chi connectivity index (χ0n) is 21.3. The van der Waals surface area contributed by atoms with Crippen LogP contribution in [0.5, 0.6) is 23.0 Å². The first-order valence-electron chi connectivity index (χ1n) is 11.7. The summed E-state index contributed by atoms with van der Waals surface area (Å²) in [5, 5.41) is 0.0553. The summed E-state index contributed by atoms with van der Waals surface area (Å²) in [6, 6.07) is 9.42. The molecular formula is C27H30ClF3O6. The standard InChI is InChI=1S/C27H30ClF3O6/c1-6-26(4,24(32)33-5)36-18-10-8-17(9-11-18)34-12-7-13-35-23-15-22-19(14-21(23)28)20(27(29,30)31)16-25(2,3)37-22/h8-11,14-16H,6-7,12-13H2,1-5H3. The van der Waals surface area contributed by atoms with E-state index in [9.17, 15) is 18.0 Å². The van der Waals surface area contributed by atoms with E-state index in [1.807, 2.05) is 6.92 Å². The van der Waals surface area contributed by atoms with Gasteiger partial charge in [-0.05, 0) is 63.6 Å². The minimum Gasteiger partial charge on any atom is -0.493 e. The van der Waals surface area contributed by atoms with Crippen molar-refractivity contribution in [3.63, 3.8) is 0 Å². The molecule has 0 spiro atoms. The van der Waals surface area contributed by atoms with Crippen molar-refractivity contribution in [2.45, 2.75) is 57.9 Å². The largest absolute Gasteiger partial charge is 0.493 e. The number of allylic oxidation sites excluding steroid dienone is 1. The van der Waals surface area contributed by atoms with Gasteiger partial charge in [0, 0.05) is 18.1 Å². The number of halogens is 4. The fourth-order valence-electron chi connectivity index (χ4n) is 3.68. The molecule has 202 valence electrons. The van der Waals surface area contributed by atoms with Crippen LogP contribution in [0.2, 0.25) is 5.02 Å². The maximum absolute atomic E-state index is 13.5. The van der Waals surface area contributed by atoms with E-state index in [0.29, 0.717) is 30.9 Å². The Kier molecular flexibility index (Phi) is 8.57. The molecule has 1 aliphatic rings. The molecule has 2 aromatic carbocycles. The van der Waals surface area contributed by atoms with Crippen molar-refractivity contribution in [1.82, 2.24) is 0 Å². The zero-order valence-corrected chi connectivity index (χ0v) is 22.1. The Morgan fingerprint density at radius 2 is 1.68 bits per heavy atom. The first kappa shape index (κ1) is 28.5. The van der Waals surface area contributed by atoms with Crippen molar-refractivity contribution >= 4 is 23.1 Å². The molecule has 10 heteroatoms. The van der Waals surface area contributed by atoms with Gasteiger partial charge < -0.3 is 23.7 Å². The molecule has 6 nitrogen and oxygen atoms in total. The van der Waals surface area contributed by atoms with E-state index in [-0.39, 0.29) is 28.7 Å². The molecule has 0 N–H and O–H groups in total. The second-order valence-electron chi connectivity index (χ2n) is 9.24. The number of ether oxygens (including phenoxy) is 5. The van der Waals surface area contributed by atoms with Crippen LogP contribution < -0.4 is 18.9 Å². The highest BCUT2D eigenvalue weighted by molar-refractivity contribution is 6.32. The van der Waals surface area contributed by atoms with Crippen molar-refractivity contribution in [3.8, 4) is 23.0 Å². The third-order valence-electron chi connectivity index (χ3n) is 5.77. The normalized spacial score (nSPS) is 16.0. The Balaban J connectivity index is 1.54. The van der Waals surface area contributed by atoms with Crippen LogP contribution in [0.3, 0.4) is 0 Å². The van der Waals surface area contributed by atoms with Crippen LogP contribution in [-0.4, -0.2) is 43.7 Å². The lowest BCUT2D eigenvalue weighted by atomic mass is 9.94. The molecule has 37 heavy (non-hydrogen) atoms. The van der Waals surface area contributed by atoms with Crippen molar-refractivity contribution in [3.05, 3.63) is 53.1 Å². The molecule has 2 aromatic rings. The molecule has 0 aromatic heterocycles. The van der Waals surface area contributed by atoms with Crippen molar-refractivity contribution in [2.24, 2.45) is 0 Å². The number of carbonyl (C=O) groups is 1. The molecule has 0 radical (unpaired) electrons.